The summed E-state index contributed by atoms with van der Waals surface area (Å²) in [5.74, 6) is 0.332. The van der Waals surface area contributed by atoms with Gasteiger partial charge < -0.3 is 10.6 Å². The zero-order chi connectivity index (χ0) is 16.1. The van der Waals surface area contributed by atoms with Gasteiger partial charge in [0.05, 0.1) is 4.92 Å². The van der Waals surface area contributed by atoms with Crippen molar-refractivity contribution in [2.45, 2.75) is 26.3 Å². The molecule has 1 atom stereocenters. The molecule has 0 aliphatic heterocycles. The highest BCUT2D eigenvalue weighted by molar-refractivity contribution is 6.30. The van der Waals surface area contributed by atoms with Gasteiger partial charge in [0.15, 0.2) is 0 Å². The molecule has 0 saturated carbocycles. The predicted octanol–water partition coefficient (Wildman–Crippen LogP) is 3.99. The van der Waals surface area contributed by atoms with Gasteiger partial charge in [-0.05, 0) is 37.6 Å². The number of aromatic nitrogens is 2. The second-order valence-electron chi connectivity index (χ2n) is 4.76. The van der Waals surface area contributed by atoms with Gasteiger partial charge in [-0.1, -0.05) is 18.5 Å². The van der Waals surface area contributed by atoms with Crippen molar-refractivity contribution in [1.29, 1.82) is 0 Å². The molecule has 1 aromatic carbocycles. The van der Waals surface area contributed by atoms with Crippen LogP contribution in [0.15, 0.2) is 30.6 Å². The molecule has 2 aromatic rings. The molecule has 116 valence electrons. The summed E-state index contributed by atoms with van der Waals surface area (Å²) in [6.07, 6.45) is 2.11. The molecule has 2 rings (SSSR count). The van der Waals surface area contributed by atoms with Gasteiger partial charge in [0.2, 0.25) is 11.6 Å². The van der Waals surface area contributed by atoms with Crippen molar-refractivity contribution in [2.24, 2.45) is 0 Å². The number of nitrogens with one attached hydrogen (secondary N) is 2. The first kappa shape index (κ1) is 16.0. The van der Waals surface area contributed by atoms with Crippen molar-refractivity contribution in [3.63, 3.8) is 0 Å². The van der Waals surface area contributed by atoms with Crippen LogP contribution in [0.2, 0.25) is 5.02 Å². The van der Waals surface area contributed by atoms with E-state index in [1.807, 2.05) is 13.8 Å². The van der Waals surface area contributed by atoms with E-state index in [1.54, 1.807) is 24.3 Å². The number of nitro groups is 1. The van der Waals surface area contributed by atoms with Gasteiger partial charge in [-0.25, -0.2) is 9.97 Å². The Balaban J connectivity index is 2.36. The highest BCUT2D eigenvalue weighted by Crippen LogP contribution is 2.31. The first-order valence-electron chi connectivity index (χ1n) is 6.79. The molecule has 1 heterocycles. The average molecular weight is 322 g/mol. The summed E-state index contributed by atoms with van der Waals surface area (Å²) >= 11 is 5.82. The van der Waals surface area contributed by atoms with Crippen LogP contribution in [0.25, 0.3) is 0 Å². The Bertz CT molecular complexity index is 663. The normalized spacial score (nSPS) is 11.8. The summed E-state index contributed by atoms with van der Waals surface area (Å²) in [4.78, 5) is 18.8. The number of halogens is 1. The molecule has 0 amide bonds. The van der Waals surface area contributed by atoms with Crippen LogP contribution < -0.4 is 10.6 Å². The van der Waals surface area contributed by atoms with Crippen molar-refractivity contribution >= 4 is 34.6 Å². The zero-order valence-electron chi connectivity index (χ0n) is 12.2. The van der Waals surface area contributed by atoms with Crippen molar-refractivity contribution in [3.05, 3.63) is 45.7 Å². The number of hydrogen-bond acceptors (Lipinski definition) is 6. The number of anilines is 3. The quantitative estimate of drug-likeness (QED) is 0.617. The monoisotopic (exact) mass is 321 g/mol. The Kier molecular flexibility index (Phi) is 5.11. The van der Waals surface area contributed by atoms with Crippen LogP contribution in [0.1, 0.15) is 20.3 Å². The lowest BCUT2D eigenvalue weighted by atomic mass is 10.2. The molecular weight excluding hydrogens is 306 g/mol. The molecule has 7 nitrogen and oxygen atoms in total. The lowest BCUT2D eigenvalue weighted by Gasteiger charge is -2.13. The van der Waals surface area contributed by atoms with Crippen LogP contribution >= 0.6 is 11.6 Å². The molecule has 8 heteroatoms. The molecule has 0 fully saturated rings. The molecule has 0 saturated heterocycles. The molecule has 2 N–H and O–H groups in total. The molecule has 1 unspecified atom stereocenters. The maximum absolute atomic E-state index is 11.4. The SMILES string of the molecule is CCC(C)Nc1ncnc(Nc2ccc(Cl)cc2)c1[N+](=O)[O-]. The lowest BCUT2D eigenvalue weighted by molar-refractivity contribution is -0.383. The van der Waals surface area contributed by atoms with E-state index >= 15 is 0 Å². The van der Waals surface area contributed by atoms with E-state index in [0.29, 0.717) is 10.7 Å². The van der Waals surface area contributed by atoms with Crippen LogP contribution in [-0.4, -0.2) is 20.9 Å². The minimum atomic E-state index is -0.497. The fourth-order valence-corrected chi connectivity index (χ4v) is 1.88. The average Bonchev–Trinajstić information content (AvgIpc) is 2.49. The van der Waals surface area contributed by atoms with Gasteiger partial charge in [-0.3, -0.25) is 10.1 Å². The highest BCUT2D eigenvalue weighted by Gasteiger charge is 2.23. The van der Waals surface area contributed by atoms with Crippen LogP contribution in [0, 0.1) is 10.1 Å². The minimum absolute atomic E-state index is 0.0666. The van der Waals surface area contributed by atoms with Crippen LogP contribution in [-0.2, 0) is 0 Å². The first-order valence-corrected chi connectivity index (χ1v) is 7.17. The molecule has 1 aromatic heterocycles. The van der Waals surface area contributed by atoms with Crippen molar-refractivity contribution in [3.8, 4) is 0 Å². The number of nitrogens with zero attached hydrogens (tertiary/aromatic N) is 3. The topological polar surface area (TPSA) is 93.0 Å². The summed E-state index contributed by atoms with van der Waals surface area (Å²) in [5.41, 5.74) is 0.471. The number of benzene rings is 1. The predicted molar refractivity (Wildman–Crippen MR) is 86.8 cm³/mol. The zero-order valence-corrected chi connectivity index (χ0v) is 13.0. The summed E-state index contributed by atoms with van der Waals surface area (Å²) in [6.45, 7) is 3.91. The molecule has 0 aliphatic carbocycles. The second kappa shape index (κ2) is 7.04. The Morgan fingerprint density at radius 1 is 1.27 bits per heavy atom. The van der Waals surface area contributed by atoms with Crippen LogP contribution in [0.3, 0.4) is 0 Å². The molecular formula is C14H16ClN5O2. The van der Waals surface area contributed by atoms with Gasteiger partial charge in [0, 0.05) is 16.8 Å². The van der Waals surface area contributed by atoms with Crippen molar-refractivity contribution in [2.75, 3.05) is 10.6 Å². The third kappa shape index (κ3) is 3.82. The molecule has 0 aliphatic rings. The maximum atomic E-state index is 11.4. The summed E-state index contributed by atoms with van der Waals surface area (Å²) in [7, 11) is 0. The van der Waals surface area contributed by atoms with E-state index < -0.39 is 4.92 Å². The molecule has 0 bridgehead atoms. The summed E-state index contributed by atoms with van der Waals surface area (Å²) < 4.78 is 0. The first-order chi connectivity index (χ1) is 10.5. The van der Waals surface area contributed by atoms with Gasteiger partial charge in [0.25, 0.3) is 0 Å². The van der Waals surface area contributed by atoms with E-state index in [1.165, 1.54) is 6.33 Å². The van der Waals surface area contributed by atoms with E-state index in [9.17, 15) is 10.1 Å². The maximum Gasteiger partial charge on any atom is 0.353 e. The Morgan fingerprint density at radius 2 is 1.91 bits per heavy atom. The lowest BCUT2D eigenvalue weighted by Crippen LogP contribution is -2.16. The Labute approximate surface area is 132 Å². The van der Waals surface area contributed by atoms with Gasteiger partial charge in [0.1, 0.15) is 6.33 Å². The van der Waals surface area contributed by atoms with Gasteiger partial charge in [-0.2, -0.15) is 0 Å². The second-order valence-corrected chi connectivity index (χ2v) is 5.20. The van der Waals surface area contributed by atoms with Gasteiger partial charge >= 0.3 is 5.69 Å². The third-order valence-electron chi connectivity index (χ3n) is 3.11. The van der Waals surface area contributed by atoms with Crippen molar-refractivity contribution in [1.82, 2.24) is 9.97 Å². The Morgan fingerprint density at radius 3 is 2.50 bits per heavy atom. The largest absolute Gasteiger partial charge is 0.362 e. The van der Waals surface area contributed by atoms with E-state index in [2.05, 4.69) is 20.6 Å². The molecule has 22 heavy (non-hydrogen) atoms. The Hall–Kier alpha value is -2.41. The van der Waals surface area contributed by atoms with Gasteiger partial charge in [-0.15, -0.1) is 0 Å². The molecule has 0 spiro atoms. The molecule has 0 radical (unpaired) electrons. The minimum Gasteiger partial charge on any atom is -0.362 e. The van der Waals surface area contributed by atoms with E-state index in [-0.39, 0.29) is 23.4 Å². The third-order valence-corrected chi connectivity index (χ3v) is 3.36. The van der Waals surface area contributed by atoms with Crippen LogP contribution in [0.5, 0.6) is 0 Å². The highest BCUT2D eigenvalue weighted by atomic mass is 35.5. The van der Waals surface area contributed by atoms with Crippen LogP contribution in [0.4, 0.5) is 23.0 Å². The van der Waals surface area contributed by atoms with E-state index in [4.69, 9.17) is 11.6 Å². The fourth-order valence-electron chi connectivity index (χ4n) is 1.75. The standard InChI is InChI=1S/C14H16ClN5O2/c1-3-9(2)18-13-12(20(21)22)14(17-8-16-13)19-11-6-4-10(15)5-7-11/h4-9H,3H2,1-2H3,(H2,16,17,18,19). The number of hydrogen-bond donors (Lipinski definition) is 2. The van der Waals surface area contributed by atoms with Crippen molar-refractivity contribution < 1.29 is 4.92 Å². The summed E-state index contributed by atoms with van der Waals surface area (Å²) in [6, 6.07) is 6.88. The van der Waals surface area contributed by atoms with E-state index in [0.717, 1.165) is 6.42 Å². The summed E-state index contributed by atoms with van der Waals surface area (Å²) in [5, 5.41) is 17.9. The fraction of sp³-hybridized carbons (Fsp3) is 0.286. The number of rotatable bonds is 6. The smallest absolute Gasteiger partial charge is 0.353 e.